The molecule has 6 heteroatoms. The van der Waals surface area contributed by atoms with E-state index in [0.717, 1.165) is 31.9 Å². The number of piperazine rings is 1. The molecule has 2 amide bonds. The predicted molar refractivity (Wildman–Crippen MR) is 101 cm³/mol. The fraction of sp³-hybridized carbons (Fsp3) is 0.579. The Bertz CT molecular complexity index is 578. The van der Waals surface area contributed by atoms with Crippen LogP contribution in [0.3, 0.4) is 0 Å². The van der Waals surface area contributed by atoms with Crippen LogP contribution in [0.5, 0.6) is 0 Å². The van der Waals surface area contributed by atoms with Crippen LogP contribution in [0.15, 0.2) is 24.3 Å². The molecule has 2 rings (SSSR count). The van der Waals surface area contributed by atoms with Crippen molar-refractivity contribution < 1.29 is 9.59 Å². The van der Waals surface area contributed by atoms with E-state index in [1.54, 1.807) is 0 Å². The maximum absolute atomic E-state index is 12.2. The Morgan fingerprint density at radius 1 is 1.04 bits per heavy atom. The molecular formula is C19H30N4O2. The lowest BCUT2D eigenvalue weighted by Gasteiger charge is -2.37. The predicted octanol–water partition coefficient (Wildman–Crippen LogP) is 1.46. The summed E-state index contributed by atoms with van der Waals surface area (Å²) in [7, 11) is 0. The molecule has 1 aromatic rings. The fourth-order valence-electron chi connectivity index (χ4n) is 2.92. The normalized spacial score (nSPS) is 17.3. The van der Waals surface area contributed by atoms with E-state index in [1.807, 2.05) is 52.0 Å². The smallest absolute Gasteiger partial charge is 0.238 e. The van der Waals surface area contributed by atoms with Crippen molar-refractivity contribution in [3.8, 4) is 0 Å². The second-order valence-corrected chi connectivity index (χ2v) is 7.07. The first kappa shape index (κ1) is 19.4. The molecule has 1 atom stereocenters. The summed E-state index contributed by atoms with van der Waals surface area (Å²) >= 11 is 0. The van der Waals surface area contributed by atoms with Crippen LogP contribution in [0.1, 0.15) is 26.3 Å². The van der Waals surface area contributed by atoms with E-state index in [2.05, 4.69) is 20.4 Å². The van der Waals surface area contributed by atoms with Gasteiger partial charge in [-0.15, -0.1) is 0 Å². The molecule has 6 nitrogen and oxygen atoms in total. The summed E-state index contributed by atoms with van der Waals surface area (Å²) in [6, 6.07) is 7.82. The zero-order valence-corrected chi connectivity index (χ0v) is 15.7. The maximum atomic E-state index is 12.2. The van der Waals surface area contributed by atoms with Gasteiger partial charge in [0.1, 0.15) is 0 Å². The van der Waals surface area contributed by atoms with Crippen LogP contribution in [0, 0.1) is 6.92 Å². The molecule has 0 spiro atoms. The quantitative estimate of drug-likeness (QED) is 0.819. The number of anilines is 1. The highest BCUT2D eigenvalue weighted by molar-refractivity contribution is 5.92. The highest BCUT2D eigenvalue weighted by Gasteiger charge is 2.26. The minimum Gasteiger partial charge on any atom is -0.353 e. The summed E-state index contributed by atoms with van der Waals surface area (Å²) in [4.78, 5) is 28.6. The first-order chi connectivity index (χ1) is 11.8. The van der Waals surface area contributed by atoms with E-state index in [1.165, 1.54) is 5.56 Å². The Labute approximate surface area is 150 Å². The van der Waals surface area contributed by atoms with Crippen LogP contribution in [0.25, 0.3) is 0 Å². The molecule has 0 aliphatic carbocycles. The second-order valence-electron chi connectivity index (χ2n) is 7.07. The van der Waals surface area contributed by atoms with Gasteiger partial charge in [0.2, 0.25) is 11.8 Å². The minimum atomic E-state index is -0.133. The molecule has 138 valence electrons. The van der Waals surface area contributed by atoms with E-state index in [4.69, 9.17) is 0 Å². The van der Waals surface area contributed by atoms with Gasteiger partial charge in [0.05, 0.1) is 12.6 Å². The summed E-state index contributed by atoms with van der Waals surface area (Å²) in [6.45, 7) is 11.5. The van der Waals surface area contributed by atoms with Crippen molar-refractivity contribution in [3.05, 3.63) is 29.8 Å². The molecule has 1 unspecified atom stereocenters. The Balaban J connectivity index is 1.75. The van der Waals surface area contributed by atoms with E-state index in [0.29, 0.717) is 6.54 Å². The highest BCUT2D eigenvalue weighted by Crippen LogP contribution is 2.10. The summed E-state index contributed by atoms with van der Waals surface area (Å²) in [5.41, 5.74) is 2.00. The molecule has 0 bridgehead atoms. The Morgan fingerprint density at radius 2 is 1.64 bits per heavy atom. The van der Waals surface area contributed by atoms with Gasteiger partial charge in [0, 0.05) is 37.9 Å². The number of rotatable bonds is 6. The average molecular weight is 346 g/mol. The lowest BCUT2D eigenvalue weighted by atomic mass is 10.2. The Kier molecular flexibility index (Phi) is 6.96. The second kappa shape index (κ2) is 8.97. The molecule has 0 radical (unpaired) electrons. The SMILES string of the molecule is Cc1ccc(NC(=O)CN2CCN(C(C)C(=O)NC(C)C)CC2)cc1. The van der Waals surface area contributed by atoms with Crippen LogP contribution >= 0.6 is 0 Å². The van der Waals surface area contributed by atoms with Gasteiger partial charge in [-0.3, -0.25) is 19.4 Å². The maximum Gasteiger partial charge on any atom is 0.238 e. The van der Waals surface area contributed by atoms with E-state index in [9.17, 15) is 9.59 Å². The number of aryl methyl sites for hydroxylation is 1. The number of amides is 2. The van der Waals surface area contributed by atoms with Crippen molar-refractivity contribution >= 4 is 17.5 Å². The van der Waals surface area contributed by atoms with Crippen LogP contribution in [0.2, 0.25) is 0 Å². The molecule has 1 aliphatic rings. The summed E-state index contributed by atoms with van der Waals surface area (Å²) in [5, 5.41) is 5.89. The van der Waals surface area contributed by atoms with Crippen molar-refractivity contribution in [1.82, 2.24) is 15.1 Å². The van der Waals surface area contributed by atoms with E-state index >= 15 is 0 Å². The molecule has 1 saturated heterocycles. The fourth-order valence-corrected chi connectivity index (χ4v) is 2.92. The molecule has 1 heterocycles. The summed E-state index contributed by atoms with van der Waals surface area (Å²) in [5.74, 6) is 0.0727. The van der Waals surface area contributed by atoms with Crippen LogP contribution in [0.4, 0.5) is 5.69 Å². The summed E-state index contributed by atoms with van der Waals surface area (Å²) < 4.78 is 0. The van der Waals surface area contributed by atoms with Crippen LogP contribution in [-0.4, -0.2) is 66.4 Å². The Hall–Kier alpha value is -1.92. The monoisotopic (exact) mass is 346 g/mol. The van der Waals surface area contributed by atoms with Gasteiger partial charge >= 0.3 is 0 Å². The van der Waals surface area contributed by atoms with Gasteiger partial charge in [-0.2, -0.15) is 0 Å². The summed E-state index contributed by atoms with van der Waals surface area (Å²) in [6.07, 6.45) is 0. The highest BCUT2D eigenvalue weighted by atomic mass is 16.2. The van der Waals surface area contributed by atoms with E-state index in [-0.39, 0.29) is 23.9 Å². The van der Waals surface area contributed by atoms with Crippen LogP contribution < -0.4 is 10.6 Å². The molecule has 0 aromatic heterocycles. The third kappa shape index (κ3) is 6.14. The van der Waals surface area contributed by atoms with Crippen molar-refractivity contribution in [1.29, 1.82) is 0 Å². The largest absolute Gasteiger partial charge is 0.353 e. The van der Waals surface area contributed by atoms with Gasteiger partial charge in [0.25, 0.3) is 0 Å². The molecule has 1 aromatic carbocycles. The molecular weight excluding hydrogens is 316 g/mol. The van der Waals surface area contributed by atoms with E-state index < -0.39 is 0 Å². The number of nitrogens with zero attached hydrogens (tertiary/aromatic N) is 2. The number of carbonyl (C=O) groups excluding carboxylic acids is 2. The van der Waals surface area contributed by atoms with Crippen molar-refractivity contribution in [2.45, 2.75) is 39.8 Å². The number of benzene rings is 1. The van der Waals surface area contributed by atoms with Crippen molar-refractivity contribution in [3.63, 3.8) is 0 Å². The standard InChI is InChI=1S/C19H30N4O2/c1-14(2)20-19(25)16(4)23-11-9-22(10-12-23)13-18(24)21-17-7-5-15(3)6-8-17/h5-8,14,16H,9-13H2,1-4H3,(H,20,25)(H,21,24). The third-order valence-corrected chi connectivity index (χ3v) is 4.47. The molecule has 2 N–H and O–H groups in total. The lowest BCUT2D eigenvalue weighted by Crippen LogP contribution is -2.55. The van der Waals surface area contributed by atoms with Gasteiger partial charge in [0.15, 0.2) is 0 Å². The molecule has 1 aliphatic heterocycles. The third-order valence-electron chi connectivity index (χ3n) is 4.47. The van der Waals surface area contributed by atoms with Gasteiger partial charge < -0.3 is 10.6 Å². The zero-order chi connectivity index (χ0) is 18.4. The van der Waals surface area contributed by atoms with Crippen molar-refractivity contribution in [2.75, 3.05) is 38.0 Å². The van der Waals surface area contributed by atoms with Gasteiger partial charge in [-0.05, 0) is 39.8 Å². The zero-order valence-electron chi connectivity index (χ0n) is 15.7. The van der Waals surface area contributed by atoms with Crippen LogP contribution in [-0.2, 0) is 9.59 Å². The average Bonchev–Trinajstić information content (AvgIpc) is 2.56. The topological polar surface area (TPSA) is 64.7 Å². The molecule has 0 saturated carbocycles. The molecule has 25 heavy (non-hydrogen) atoms. The number of nitrogens with one attached hydrogen (secondary N) is 2. The first-order valence-electron chi connectivity index (χ1n) is 8.98. The Morgan fingerprint density at radius 3 is 2.20 bits per heavy atom. The number of hydrogen-bond donors (Lipinski definition) is 2. The van der Waals surface area contributed by atoms with Gasteiger partial charge in [-0.25, -0.2) is 0 Å². The molecule has 1 fully saturated rings. The van der Waals surface area contributed by atoms with Crippen molar-refractivity contribution in [2.24, 2.45) is 0 Å². The number of carbonyl (C=O) groups is 2. The number of hydrogen-bond acceptors (Lipinski definition) is 4. The minimum absolute atomic E-state index is 0.00269. The lowest BCUT2D eigenvalue weighted by molar-refractivity contribution is -0.127. The van der Waals surface area contributed by atoms with Gasteiger partial charge in [-0.1, -0.05) is 17.7 Å². The first-order valence-corrected chi connectivity index (χ1v) is 8.98.